The first kappa shape index (κ1) is 24.1. The molecule has 1 amide bonds. The summed E-state index contributed by atoms with van der Waals surface area (Å²) in [5.74, 6) is 2.63. The van der Waals surface area contributed by atoms with Crippen LogP contribution in [0.2, 0.25) is 0 Å². The van der Waals surface area contributed by atoms with Crippen LogP contribution in [0.25, 0.3) is 22.4 Å². The second kappa shape index (κ2) is 10.9. The van der Waals surface area contributed by atoms with E-state index in [2.05, 4.69) is 67.9 Å². The number of amides is 1. The molecule has 3 aromatic carbocycles. The lowest BCUT2D eigenvalue weighted by molar-refractivity contribution is -0.115. The van der Waals surface area contributed by atoms with E-state index in [1.165, 1.54) is 16.0 Å². The van der Waals surface area contributed by atoms with Gasteiger partial charge in [0.15, 0.2) is 0 Å². The average molecular weight is 472 g/mol. The lowest BCUT2D eigenvalue weighted by Gasteiger charge is -2.12. The number of nitrogens with one attached hydrogen (secondary N) is 1. The van der Waals surface area contributed by atoms with Crippen molar-refractivity contribution in [3.05, 3.63) is 77.9 Å². The highest BCUT2D eigenvalue weighted by Crippen LogP contribution is 2.28. The Morgan fingerprint density at radius 2 is 1.76 bits per heavy atom. The average Bonchev–Trinajstić information content (AvgIpc) is 3.17. The number of aromatic nitrogens is 2. The van der Waals surface area contributed by atoms with Crippen LogP contribution >= 0.6 is 11.8 Å². The maximum absolute atomic E-state index is 12.6. The van der Waals surface area contributed by atoms with Crippen molar-refractivity contribution in [2.75, 3.05) is 11.1 Å². The van der Waals surface area contributed by atoms with Gasteiger partial charge in [0, 0.05) is 22.7 Å². The molecule has 1 aromatic heterocycles. The van der Waals surface area contributed by atoms with Crippen molar-refractivity contribution >= 4 is 34.4 Å². The molecule has 0 spiro atoms. The maximum Gasteiger partial charge on any atom is 0.228 e. The molecule has 0 fully saturated rings. The van der Waals surface area contributed by atoms with Crippen molar-refractivity contribution in [3.63, 3.8) is 0 Å². The SMILES string of the molecule is CCSc1ccc(CC(=O)Nc2ccc(-c3nc4ccc(C)cc4n3CCC(C)C)cc2)cc1. The summed E-state index contributed by atoms with van der Waals surface area (Å²) in [5, 5.41) is 3.03. The van der Waals surface area contributed by atoms with Gasteiger partial charge in [-0.1, -0.05) is 39.0 Å². The molecular formula is C29H33N3OS. The third-order valence-corrected chi connectivity index (χ3v) is 6.75. The molecule has 0 aliphatic heterocycles. The molecule has 0 radical (unpaired) electrons. The van der Waals surface area contributed by atoms with E-state index in [4.69, 9.17) is 4.98 Å². The molecule has 5 heteroatoms. The molecule has 0 aliphatic carbocycles. The highest BCUT2D eigenvalue weighted by molar-refractivity contribution is 7.99. The minimum atomic E-state index is -0.0108. The third-order valence-electron chi connectivity index (χ3n) is 5.86. The molecule has 4 rings (SSSR count). The summed E-state index contributed by atoms with van der Waals surface area (Å²) in [7, 11) is 0. The van der Waals surface area contributed by atoms with Crippen LogP contribution in [0.4, 0.5) is 5.69 Å². The number of carbonyl (C=O) groups excluding carboxylic acids is 1. The highest BCUT2D eigenvalue weighted by Gasteiger charge is 2.14. The fourth-order valence-electron chi connectivity index (χ4n) is 4.03. The zero-order valence-corrected chi connectivity index (χ0v) is 21.3. The van der Waals surface area contributed by atoms with Gasteiger partial charge in [-0.25, -0.2) is 4.98 Å². The molecule has 1 heterocycles. The number of hydrogen-bond acceptors (Lipinski definition) is 3. The summed E-state index contributed by atoms with van der Waals surface area (Å²) in [4.78, 5) is 18.7. The molecule has 1 N–H and O–H groups in total. The minimum Gasteiger partial charge on any atom is -0.326 e. The Kier molecular flexibility index (Phi) is 7.73. The topological polar surface area (TPSA) is 46.9 Å². The molecule has 34 heavy (non-hydrogen) atoms. The van der Waals surface area contributed by atoms with Gasteiger partial charge in [-0.2, -0.15) is 0 Å². The molecule has 0 saturated carbocycles. The predicted molar refractivity (Wildman–Crippen MR) is 145 cm³/mol. The summed E-state index contributed by atoms with van der Waals surface area (Å²) in [6.07, 6.45) is 1.46. The normalized spacial score (nSPS) is 11.3. The Bertz CT molecular complexity index is 1260. The van der Waals surface area contributed by atoms with Crippen molar-refractivity contribution in [1.82, 2.24) is 9.55 Å². The van der Waals surface area contributed by atoms with Crippen LogP contribution in [-0.2, 0) is 17.8 Å². The van der Waals surface area contributed by atoms with E-state index in [1.54, 1.807) is 11.8 Å². The number of aryl methyl sites for hydroxylation is 2. The Labute approximate surface area is 206 Å². The molecule has 0 bridgehead atoms. The number of nitrogens with zero attached hydrogens (tertiary/aromatic N) is 2. The lowest BCUT2D eigenvalue weighted by Crippen LogP contribution is -2.14. The first-order valence-electron chi connectivity index (χ1n) is 12.0. The van der Waals surface area contributed by atoms with E-state index in [1.807, 2.05) is 36.4 Å². The van der Waals surface area contributed by atoms with Gasteiger partial charge in [0.2, 0.25) is 5.91 Å². The number of benzene rings is 3. The Hall–Kier alpha value is -3.05. The van der Waals surface area contributed by atoms with E-state index >= 15 is 0 Å². The zero-order valence-electron chi connectivity index (χ0n) is 20.5. The van der Waals surface area contributed by atoms with Gasteiger partial charge in [0.1, 0.15) is 5.82 Å². The standard InChI is InChI=1S/C29H33N3OS/c1-5-34-25-13-7-22(8-14-25)19-28(33)30-24-11-9-23(10-12-24)29-31-26-15-6-21(4)18-27(26)32(29)17-16-20(2)3/h6-15,18,20H,5,16-17,19H2,1-4H3,(H,30,33). The summed E-state index contributed by atoms with van der Waals surface area (Å²) in [6, 6.07) is 22.7. The van der Waals surface area contributed by atoms with E-state index in [0.717, 1.165) is 46.9 Å². The molecule has 176 valence electrons. The van der Waals surface area contributed by atoms with Gasteiger partial charge in [0.25, 0.3) is 0 Å². The maximum atomic E-state index is 12.6. The van der Waals surface area contributed by atoms with Crippen LogP contribution in [0.1, 0.15) is 38.3 Å². The van der Waals surface area contributed by atoms with Crippen molar-refractivity contribution in [2.45, 2.75) is 52.0 Å². The highest BCUT2D eigenvalue weighted by atomic mass is 32.2. The van der Waals surface area contributed by atoms with Crippen molar-refractivity contribution < 1.29 is 4.79 Å². The van der Waals surface area contributed by atoms with Crippen molar-refractivity contribution in [1.29, 1.82) is 0 Å². The molecule has 0 aliphatic rings. The van der Waals surface area contributed by atoms with E-state index < -0.39 is 0 Å². The largest absolute Gasteiger partial charge is 0.326 e. The van der Waals surface area contributed by atoms with Gasteiger partial charge in [0.05, 0.1) is 17.5 Å². The number of anilines is 1. The minimum absolute atomic E-state index is 0.0108. The summed E-state index contributed by atoms with van der Waals surface area (Å²) >= 11 is 1.80. The van der Waals surface area contributed by atoms with Crippen molar-refractivity contribution in [2.24, 2.45) is 5.92 Å². The number of imidazole rings is 1. The number of rotatable bonds is 9. The molecule has 0 unspecified atom stereocenters. The van der Waals surface area contributed by atoms with Crippen LogP contribution in [0.15, 0.2) is 71.6 Å². The molecular weight excluding hydrogens is 438 g/mol. The van der Waals surface area contributed by atoms with Crippen LogP contribution < -0.4 is 5.32 Å². The number of fused-ring (bicyclic) bond motifs is 1. The summed E-state index contributed by atoms with van der Waals surface area (Å²) in [5.41, 5.74) is 6.30. The first-order valence-corrected chi connectivity index (χ1v) is 13.0. The third kappa shape index (κ3) is 5.89. The van der Waals surface area contributed by atoms with Crippen LogP contribution in [0, 0.1) is 12.8 Å². The smallest absolute Gasteiger partial charge is 0.228 e. The number of hydrogen-bond donors (Lipinski definition) is 1. The van der Waals surface area contributed by atoms with Gasteiger partial charge in [-0.15, -0.1) is 11.8 Å². The Morgan fingerprint density at radius 3 is 2.44 bits per heavy atom. The van der Waals surface area contributed by atoms with Gasteiger partial charge in [-0.05, 0) is 84.7 Å². The van der Waals surface area contributed by atoms with E-state index in [-0.39, 0.29) is 5.91 Å². The summed E-state index contributed by atoms with van der Waals surface area (Å²) in [6.45, 7) is 9.69. The van der Waals surface area contributed by atoms with Gasteiger partial charge in [-0.3, -0.25) is 4.79 Å². The Balaban J connectivity index is 1.49. The fourth-order valence-corrected chi connectivity index (χ4v) is 4.69. The van der Waals surface area contributed by atoms with Gasteiger partial charge < -0.3 is 9.88 Å². The van der Waals surface area contributed by atoms with E-state index in [0.29, 0.717) is 12.3 Å². The summed E-state index contributed by atoms with van der Waals surface area (Å²) < 4.78 is 2.33. The zero-order chi connectivity index (χ0) is 24.1. The number of carbonyl (C=O) groups is 1. The van der Waals surface area contributed by atoms with Crippen molar-refractivity contribution in [3.8, 4) is 11.4 Å². The molecule has 0 atom stereocenters. The number of thioether (sulfide) groups is 1. The Morgan fingerprint density at radius 1 is 1.03 bits per heavy atom. The van der Waals surface area contributed by atoms with Crippen LogP contribution in [-0.4, -0.2) is 21.2 Å². The fraction of sp³-hybridized carbons (Fsp3) is 0.310. The molecule has 4 nitrogen and oxygen atoms in total. The second-order valence-corrected chi connectivity index (χ2v) is 10.5. The first-order chi connectivity index (χ1) is 16.4. The predicted octanol–water partition coefficient (Wildman–Crippen LogP) is 7.35. The van der Waals surface area contributed by atoms with Gasteiger partial charge >= 0.3 is 0 Å². The van der Waals surface area contributed by atoms with E-state index in [9.17, 15) is 4.79 Å². The quantitative estimate of drug-likeness (QED) is 0.260. The second-order valence-electron chi connectivity index (χ2n) is 9.14. The van der Waals surface area contributed by atoms with Crippen LogP contribution in [0.5, 0.6) is 0 Å². The molecule has 0 saturated heterocycles. The monoisotopic (exact) mass is 471 g/mol. The lowest BCUT2D eigenvalue weighted by atomic mass is 10.1. The van der Waals surface area contributed by atoms with Crippen LogP contribution in [0.3, 0.4) is 0 Å². The molecule has 4 aromatic rings.